The van der Waals surface area contributed by atoms with Gasteiger partial charge in [0, 0.05) is 18.5 Å². The molecule has 1 aliphatic rings. The summed E-state index contributed by atoms with van der Waals surface area (Å²) in [6, 6.07) is 13.8. The largest absolute Gasteiger partial charge is 0.493 e. The van der Waals surface area contributed by atoms with Crippen LogP contribution in [0.25, 0.3) is 11.4 Å². The lowest BCUT2D eigenvalue weighted by Gasteiger charge is -2.23. The van der Waals surface area contributed by atoms with Crippen LogP contribution in [0.1, 0.15) is 70.5 Å². The zero-order valence-corrected chi connectivity index (χ0v) is 20.8. The van der Waals surface area contributed by atoms with Crippen LogP contribution < -0.4 is 9.47 Å². The molecule has 1 saturated heterocycles. The number of rotatable bonds is 7. The van der Waals surface area contributed by atoms with Crippen LogP contribution in [0.4, 0.5) is 0 Å². The van der Waals surface area contributed by atoms with Gasteiger partial charge in [-0.25, -0.2) is 0 Å². The van der Waals surface area contributed by atoms with Crippen LogP contribution in [0.3, 0.4) is 0 Å². The molecule has 34 heavy (non-hydrogen) atoms. The van der Waals surface area contributed by atoms with Crippen LogP contribution in [-0.2, 0) is 16.8 Å². The number of amides is 1. The highest BCUT2D eigenvalue weighted by atomic mass is 16.5. The van der Waals surface area contributed by atoms with Gasteiger partial charge in [-0.2, -0.15) is 4.98 Å². The Morgan fingerprint density at radius 1 is 1.12 bits per heavy atom. The third-order valence-corrected chi connectivity index (χ3v) is 6.01. The number of carbonyl (C=O) groups is 1. The van der Waals surface area contributed by atoms with Gasteiger partial charge in [-0.15, -0.1) is 0 Å². The van der Waals surface area contributed by atoms with E-state index in [0.717, 1.165) is 11.1 Å². The maximum atomic E-state index is 12.7. The third kappa shape index (κ3) is 5.08. The van der Waals surface area contributed by atoms with Crippen molar-refractivity contribution in [3.63, 3.8) is 0 Å². The fourth-order valence-corrected chi connectivity index (χ4v) is 4.14. The molecule has 3 aromatic rings. The summed E-state index contributed by atoms with van der Waals surface area (Å²) in [6.07, 6.45) is 1.16. The predicted molar refractivity (Wildman–Crippen MR) is 130 cm³/mol. The van der Waals surface area contributed by atoms with Gasteiger partial charge in [0.15, 0.2) is 11.5 Å². The van der Waals surface area contributed by atoms with Gasteiger partial charge in [0.05, 0.1) is 13.2 Å². The molecule has 0 N–H and O–H groups in total. The molecule has 0 bridgehead atoms. The van der Waals surface area contributed by atoms with Gasteiger partial charge < -0.3 is 18.9 Å². The summed E-state index contributed by atoms with van der Waals surface area (Å²) < 4.78 is 16.9. The highest BCUT2D eigenvalue weighted by Crippen LogP contribution is 2.36. The van der Waals surface area contributed by atoms with Gasteiger partial charge in [-0.05, 0) is 55.0 Å². The minimum Gasteiger partial charge on any atom is -0.493 e. The smallest absolute Gasteiger partial charge is 0.249 e. The summed E-state index contributed by atoms with van der Waals surface area (Å²) in [6.45, 7) is 11.0. The van der Waals surface area contributed by atoms with E-state index in [0.29, 0.717) is 42.6 Å². The van der Waals surface area contributed by atoms with E-state index in [1.807, 2.05) is 36.9 Å². The van der Waals surface area contributed by atoms with E-state index >= 15 is 0 Å². The first kappa shape index (κ1) is 23.8. The minimum absolute atomic E-state index is 0.0343. The molecule has 1 atom stereocenters. The molecule has 7 nitrogen and oxygen atoms in total. The monoisotopic (exact) mass is 463 g/mol. The lowest BCUT2D eigenvalue weighted by Crippen LogP contribution is -2.27. The second kappa shape index (κ2) is 9.49. The van der Waals surface area contributed by atoms with Crippen molar-refractivity contribution in [3.8, 4) is 22.9 Å². The molecule has 1 aromatic heterocycles. The number of methoxy groups -OCH3 is 1. The first-order valence-electron chi connectivity index (χ1n) is 11.7. The van der Waals surface area contributed by atoms with E-state index < -0.39 is 0 Å². The van der Waals surface area contributed by atoms with Crippen LogP contribution in [0.5, 0.6) is 11.5 Å². The molecule has 0 saturated carbocycles. The highest BCUT2D eigenvalue weighted by molar-refractivity contribution is 5.79. The molecule has 4 rings (SSSR count). The zero-order chi connectivity index (χ0) is 24.5. The van der Waals surface area contributed by atoms with Crippen molar-refractivity contribution in [2.24, 2.45) is 0 Å². The molecule has 0 radical (unpaired) electrons. The number of ether oxygens (including phenoxy) is 2. The Labute approximate surface area is 201 Å². The Balaban J connectivity index is 1.53. The van der Waals surface area contributed by atoms with Crippen molar-refractivity contribution in [2.75, 3.05) is 7.11 Å². The van der Waals surface area contributed by atoms with Crippen molar-refractivity contribution < 1.29 is 18.8 Å². The van der Waals surface area contributed by atoms with E-state index in [1.165, 1.54) is 5.56 Å². The Morgan fingerprint density at radius 3 is 2.50 bits per heavy atom. The fraction of sp³-hybridized carbons (Fsp3) is 0.444. The van der Waals surface area contributed by atoms with Crippen molar-refractivity contribution in [2.45, 2.75) is 71.6 Å². The summed E-state index contributed by atoms with van der Waals surface area (Å²) >= 11 is 0. The Kier molecular flexibility index (Phi) is 6.64. The maximum Gasteiger partial charge on any atom is 0.249 e. The summed E-state index contributed by atoms with van der Waals surface area (Å²) in [5, 5.41) is 4.18. The van der Waals surface area contributed by atoms with Gasteiger partial charge in [0.1, 0.15) is 6.04 Å². The van der Waals surface area contributed by atoms with Crippen LogP contribution >= 0.6 is 0 Å². The predicted octanol–water partition coefficient (Wildman–Crippen LogP) is 5.69. The van der Waals surface area contributed by atoms with Crippen molar-refractivity contribution in [1.29, 1.82) is 0 Å². The third-order valence-electron chi connectivity index (χ3n) is 6.01. The van der Waals surface area contributed by atoms with Crippen LogP contribution in [-0.4, -0.2) is 34.2 Å². The Hall–Kier alpha value is -3.35. The number of carbonyl (C=O) groups excluding carboxylic acids is 1. The summed E-state index contributed by atoms with van der Waals surface area (Å²) in [7, 11) is 1.60. The molecule has 0 spiro atoms. The molecule has 2 aromatic carbocycles. The fourth-order valence-electron chi connectivity index (χ4n) is 4.14. The van der Waals surface area contributed by atoms with Crippen LogP contribution in [0, 0.1) is 0 Å². The molecule has 1 aliphatic heterocycles. The van der Waals surface area contributed by atoms with Gasteiger partial charge in [0.2, 0.25) is 17.6 Å². The number of hydrogen-bond acceptors (Lipinski definition) is 6. The van der Waals surface area contributed by atoms with Crippen molar-refractivity contribution in [1.82, 2.24) is 15.0 Å². The van der Waals surface area contributed by atoms with Gasteiger partial charge in [0.25, 0.3) is 0 Å². The van der Waals surface area contributed by atoms with E-state index in [4.69, 9.17) is 14.0 Å². The van der Waals surface area contributed by atoms with Gasteiger partial charge in [-0.1, -0.05) is 50.2 Å². The number of likely N-dealkylation sites (tertiary alicyclic amines) is 1. The Morgan fingerprint density at radius 2 is 1.85 bits per heavy atom. The van der Waals surface area contributed by atoms with E-state index in [-0.39, 0.29) is 23.5 Å². The molecular formula is C27H33N3O4. The maximum absolute atomic E-state index is 12.7. The topological polar surface area (TPSA) is 77.7 Å². The first-order chi connectivity index (χ1) is 16.2. The second-order valence-electron chi connectivity index (χ2n) is 10.0. The second-order valence-corrected chi connectivity index (χ2v) is 10.0. The van der Waals surface area contributed by atoms with E-state index in [1.54, 1.807) is 7.11 Å². The molecule has 1 unspecified atom stereocenters. The average molecular weight is 464 g/mol. The lowest BCUT2D eigenvalue weighted by atomic mass is 9.87. The van der Waals surface area contributed by atoms with Crippen LogP contribution in [0.15, 0.2) is 47.0 Å². The normalized spacial score (nSPS) is 16.4. The van der Waals surface area contributed by atoms with Crippen molar-refractivity contribution in [3.05, 3.63) is 59.5 Å². The van der Waals surface area contributed by atoms with E-state index in [2.05, 4.69) is 55.2 Å². The Bertz CT molecular complexity index is 1150. The van der Waals surface area contributed by atoms with Gasteiger partial charge in [-0.3, -0.25) is 4.79 Å². The molecular weight excluding hydrogens is 430 g/mol. The van der Waals surface area contributed by atoms with Crippen molar-refractivity contribution >= 4 is 5.91 Å². The molecule has 1 fully saturated rings. The number of benzene rings is 2. The highest BCUT2D eigenvalue weighted by Gasteiger charge is 2.36. The quantitative estimate of drug-likeness (QED) is 0.448. The minimum atomic E-state index is -0.235. The van der Waals surface area contributed by atoms with Crippen LogP contribution in [0.2, 0.25) is 0 Å². The number of aromatic nitrogens is 2. The first-order valence-corrected chi connectivity index (χ1v) is 11.7. The van der Waals surface area contributed by atoms with E-state index in [9.17, 15) is 4.79 Å². The number of nitrogens with zero attached hydrogens (tertiary/aromatic N) is 3. The molecule has 0 aliphatic carbocycles. The molecule has 7 heteroatoms. The summed E-state index contributed by atoms with van der Waals surface area (Å²) in [4.78, 5) is 19.2. The number of hydrogen-bond donors (Lipinski definition) is 0. The average Bonchev–Trinajstić information content (AvgIpc) is 3.41. The standard InChI is InChI=1S/C27H33N3O4/c1-17(2)33-22-13-9-19(15-23(22)32-6)25-28-26(34-29-25)21-12-14-24(31)30(21)16-18-7-10-20(11-8-18)27(3,4)5/h7-11,13,15,17,21H,12,14,16H2,1-6H3. The summed E-state index contributed by atoms with van der Waals surface area (Å²) in [5.74, 6) is 2.28. The molecule has 180 valence electrons. The summed E-state index contributed by atoms with van der Waals surface area (Å²) in [5.41, 5.74) is 3.20. The SMILES string of the molecule is COc1cc(-c2noc(C3CCC(=O)N3Cc3ccc(C(C)(C)C)cc3)n2)ccc1OC(C)C. The molecule has 2 heterocycles. The van der Waals surface area contributed by atoms with Gasteiger partial charge >= 0.3 is 0 Å². The lowest BCUT2D eigenvalue weighted by molar-refractivity contribution is -0.130. The molecule has 1 amide bonds. The zero-order valence-electron chi connectivity index (χ0n) is 20.8.